The molecule has 0 aliphatic heterocycles. The molecule has 3 aromatic rings. The molecule has 0 bridgehead atoms. The fourth-order valence-electron chi connectivity index (χ4n) is 4.08. The van der Waals surface area contributed by atoms with Crippen molar-refractivity contribution < 1.29 is 14.0 Å². The van der Waals surface area contributed by atoms with Crippen LogP contribution >= 0.6 is 0 Å². The molecule has 4 nitrogen and oxygen atoms in total. The summed E-state index contributed by atoms with van der Waals surface area (Å²) in [7, 11) is 5.86. The van der Waals surface area contributed by atoms with Crippen molar-refractivity contribution in [2.75, 3.05) is 0 Å². The molecule has 0 N–H and O–H groups in total. The van der Waals surface area contributed by atoms with E-state index in [1.807, 2.05) is 47.9 Å². The molecule has 0 amide bonds. The predicted molar refractivity (Wildman–Crippen MR) is 119 cm³/mol. The third-order valence-corrected chi connectivity index (χ3v) is 5.69. The second kappa shape index (κ2) is 6.73. The van der Waals surface area contributed by atoms with Crippen LogP contribution in [0.1, 0.15) is 24.1 Å². The number of allylic oxidation sites excluding steroid dienone is 5. The Hall–Kier alpha value is -3.60. The largest absolute Gasteiger partial charge is 0.454 e. The third kappa shape index (κ3) is 2.78. The molecule has 0 fully saturated rings. The molecule has 2 radical (unpaired) electrons. The number of hydrogen-bond donors (Lipinski definition) is 0. The van der Waals surface area contributed by atoms with E-state index < -0.39 is 0 Å². The third-order valence-electron chi connectivity index (χ3n) is 5.69. The smallest absolute Gasteiger partial charge is 0.197 e. The molecular weight excluding hydrogens is 373 g/mol. The van der Waals surface area contributed by atoms with E-state index in [2.05, 4.69) is 6.58 Å². The molecule has 0 saturated heterocycles. The quantitative estimate of drug-likeness (QED) is 0.359. The molecule has 144 valence electrons. The van der Waals surface area contributed by atoms with Gasteiger partial charge >= 0.3 is 0 Å². The van der Waals surface area contributed by atoms with Gasteiger partial charge in [0.1, 0.15) is 13.6 Å². The maximum atomic E-state index is 12.8. The summed E-state index contributed by atoms with van der Waals surface area (Å²) < 4.78 is 7.86. The summed E-state index contributed by atoms with van der Waals surface area (Å²) in [6.45, 7) is 5.93. The SMILES string of the molecule is [B]C1=CC2=C(CC1)C(=O)/C(=C/c1cc3oc(-c4ccc(C)cc4)cc3n1C=C)C2=O. The average molecular weight is 391 g/mol. The Balaban J connectivity index is 1.56. The Morgan fingerprint density at radius 3 is 2.60 bits per heavy atom. The van der Waals surface area contributed by atoms with Gasteiger partial charge in [0, 0.05) is 35.0 Å². The van der Waals surface area contributed by atoms with E-state index in [9.17, 15) is 9.59 Å². The van der Waals surface area contributed by atoms with Gasteiger partial charge < -0.3 is 8.98 Å². The van der Waals surface area contributed by atoms with Gasteiger partial charge in [0.2, 0.25) is 0 Å². The van der Waals surface area contributed by atoms with Crippen molar-refractivity contribution in [3.05, 3.63) is 82.5 Å². The molecule has 0 atom stereocenters. The van der Waals surface area contributed by atoms with Crippen LogP contribution in [0.5, 0.6) is 0 Å². The van der Waals surface area contributed by atoms with Crippen LogP contribution in [0.2, 0.25) is 0 Å². The Bertz CT molecular complexity index is 1340. The van der Waals surface area contributed by atoms with E-state index in [-0.39, 0.29) is 17.1 Å². The lowest BCUT2D eigenvalue weighted by Crippen LogP contribution is -2.04. The normalized spacial score (nSPS) is 17.8. The molecule has 5 rings (SSSR count). The summed E-state index contributed by atoms with van der Waals surface area (Å²) >= 11 is 0. The van der Waals surface area contributed by atoms with E-state index in [1.165, 1.54) is 5.56 Å². The van der Waals surface area contributed by atoms with Gasteiger partial charge in [-0.3, -0.25) is 9.59 Å². The van der Waals surface area contributed by atoms with Crippen LogP contribution in [-0.4, -0.2) is 24.0 Å². The molecule has 0 saturated carbocycles. The number of benzene rings is 1. The second-order valence-corrected chi connectivity index (χ2v) is 7.68. The predicted octanol–water partition coefficient (Wildman–Crippen LogP) is 4.99. The summed E-state index contributed by atoms with van der Waals surface area (Å²) in [5, 5.41) is 0. The summed E-state index contributed by atoms with van der Waals surface area (Å²) in [5.41, 5.74) is 6.10. The minimum Gasteiger partial charge on any atom is -0.454 e. The maximum Gasteiger partial charge on any atom is 0.197 e. The average Bonchev–Trinajstić information content (AvgIpc) is 3.35. The van der Waals surface area contributed by atoms with Gasteiger partial charge in [-0.1, -0.05) is 42.5 Å². The van der Waals surface area contributed by atoms with Crippen molar-refractivity contribution in [3.63, 3.8) is 0 Å². The Morgan fingerprint density at radius 2 is 1.87 bits per heavy atom. The fourth-order valence-corrected chi connectivity index (χ4v) is 4.08. The molecule has 30 heavy (non-hydrogen) atoms. The number of nitrogens with zero attached hydrogens (tertiary/aromatic N) is 1. The zero-order valence-electron chi connectivity index (χ0n) is 16.6. The highest BCUT2D eigenvalue weighted by Gasteiger charge is 2.36. The number of hydrogen-bond acceptors (Lipinski definition) is 3. The van der Waals surface area contributed by atoms with Crippen molar-refractivity contribution >= 4 is 42.8 Å². The monoisotopic (exact) mass is 391 g/mol. The first-order chi connectivity index (χ1) is 14.5. The van der Waals surface area contributed by atoms with Crippen molar-refractivity contribution in [2.24, 2.45) is 0 Å². The van der Waals surface area contributed by atoms with Crippen molar-refractivity contribution in [2.45, 2.75) is 19.8 Å². The number of carbonyl (C=O) groups is 2. The van der Waals surface area contributed by atoms with Gasteiger partial charge in [-0.25, -0.2) is 0 Å². The molecule has 0 spiro atoms. The molecule has 2 heterocycles. The van der Waals surface area contributed by atoms with Crippen molar-refractivity contribution in [1.82, 2.24) is 4.57 Å². The van der Waals surface area contributed by atoms with Crippen molar-refractivity contribution in [1.29, 1.82) is 0 Å². The number of aryl methyl sites for hydroxylation is 1. The molecule has 2 aliphatic rings. The first-order valence-electron chi connectivity index (χ1n) is 9.81. The lowest BCUT2D eigenvalue weighted by molar-refractivity contribution is -0.115. The van der Waals surface area contributed by atoms with Crippen LogP contribution < -0.4 is 0 Å². The van der Waals surface area contributed by atoms with E-state index in [0.29, 0.717) is 40.7 Å². The fraction of sp³-hybridized carbons (Fsp3) is 0.120. The number of carbonyl (C=O) groups excluding carboxylic acids is 2. The highest BCUT2D eigenvalue weighted by atomic mass is 16.3. The van der Waals surface area contributed by atoms with E-state index in [0.717, 1.165) is 16.8 Å². The second-order valence-electron chi connectivity index (χ2n) is 7.68. The van der Waals surface area contributed by atoms with Crippen molar-refractivity contribution in [3.8, 4) is 11.3 Å². The van der Waals surface area contributed by atoms with Gasteiger partial charge in [-0.15, -0.1) is 5.47 Å². The number of Topliss-reactive ketones (excluding diaryl/α,β-unsaturated/α-hetero) is 2. The van der Waals surface area contributed by atoms with E-state index >= 15 is 0 Å². The van der Waals surface area contributed by atoms with Crippen LogP contribution in [0.4, 0.5) is 0 Å². The number of furan rings is 1. The summed E-state index contributed by atoms with van der Waals surface area (Å²) in [5.74, 6) is 0.263. The first kappa shape index (κ1) is 18.4. The summed E-state index contributed by atoms with van der Waals surface area (Å²) in [6.07, 6.45) is 6.01. The van der Waals surface area contributed by atoms with Crippen LogP contribution in [0.25, 0.3) is 34.7 Å². The first-order valence-corrected chi connectivity index (χ1v) is 9.81. The lowest BCUT2D eigenvalue weighted by atomic mass is 9.83. The van der Waals surface area contributed by atoms with Crippen LogP contribution in [0.15, 0.2) is 75.7 Å². The Morgan fingerprint density at radius 1 is 1.10 bits per heavy atom. The van der Waals surface area contributed by atoms with Gasteiger partial charge in [-0.05, 0) is 25.8 Å². The minimum absolute atomic E-state index is 0.160. The number of fused-ring (bicyclic) bond motifs is 1. The highest BCUT2D eigenvalue weighted by Crippen LogP contribution is 2.36. The van der Waals surface area contributed by atoms with Gasteiger partial charge in [0.05, 0.1) is 16.8 Å². The van der Waals surface area contributed by atoms with E-state index in [4.69, 9.17) is 12.3 Å². The molecular formula is C25H18BNO3. The Labute approximate surface area is 175 Å². The zero-order valence-corrected chi connectivity index (χ0v) is 16.6. The zero-order chi connectivity index (χ0) is 21.0. The molecule has 0 unspecified atom stereocenters. The topological polar surface area (TPSA) is 52.2 Å². The van der Waals surface area contributed by atoms with E-state index in [1.54, 1.807) is 18.4 Å². The maximum absolute atomic E-state index is 12.8. The molecule has 2 aromatic heterocycles. The van der Waals surface area contributed by atoms with Gasteiger partial charge in [-0.2, -0.15) is 0 Å². The van der Waals surface area contributed by atoms with Crippen LogP contribution in [0, 0.1) is 6.92 Å². The highest BCUT2D eigenvalue weighted by molar-refractivity contribution is 6.41. The summed E-state index contributed by atoms with van der Waals surface area (Å²) in [4.78, 5) is 25.6. The standard InChI is InChI=1S/C25H18BNO3/c1-3-27-17(11-20-24(28)18-9-8-16(26)10-19(18)25(20)29)12-23-21(27)13-22(30-23)15-6-4-14(2)5-7-15/h3-7,10-13H,1,8-9H2,2H3/b20-11-. The molecule has 2 aliphatic carbocycles. The Kier molecular flexibility index (Phi) is 4.14. The molecule has 1 aromatic carbocycles. The number of ketones is 2. The van der Waals surface area contributed by atoms with Crippen LogP contribution in [-0.2, 0) is 9.59 Å². The van der Waals surface area contributed by atoms with Crippen LogP contribution in [0.3, 0.4) is 0 Å². The minimum atomic E-state index is -0.272. The summed E-state index contributed by atoms with van der Waals surface area (Å²) in [6, 6.07) is 11.9. The number of aromatic nitrogens is 1. The molecule has 5 heteroatoms. The lowest BCUT2D eigenvalue weighted by Gasteiger charge is -2.09. The van der Waals surface area contributed by atoms with Gasteiger partial charge in [0.15, 0.2) is 17.1 Å². The number of rotatable bonds is 3. The van der Waals surface area contributed by atoms with Gasteiger partial charge in [0.25, 0.3) is 0 Å².